The molecular weight excluding hydrogens is 398 g/mol. The highest BCUT2D eigenvalue weighted by molar-refractivity contribution is 9.11. The molecule has 3 nitrogen and oxygen atoms in total. The van der Waals surface area contributed by atoms with E-state index in [0.29, 0.717) is 5.75 Å². The maximum atomic E-state index is 10.1. The van der Waals surface area contributed by atoms with Crippen molar-refractivity contribution in [2.45, 2.75) is 12.6 Å². The summed E-state index contributed by atoms with van der Waals surface area (Å²) in [7, 11) is 1.91. The van der Waals surface area contributed by atoms with Crippen molar-refractivity contribution in [3.8, 4) is 5.75 Å². The fourth-order valence-electron chi connectivity index (χ4n) is 1.99. The van der Waals surface area contributed by atoms with Gasteiger partial charge in [-0.15, -0.1) is 0 Å². The average Bonchev–Trinajstić information content (AvgIpc) is 2.47. The number of nitrogens with one attached hydrogen (secondary N) is 1. The molecule has 1 atom stereocenters. The predicted molar refractivity (Wildman–Crippen MR) is 91.5 cm³/mol. The molecule has 0 spiro atoms. The molecule has 0 bridgehead atoms. The van der Waals surface area contributed by atoms with E-state index < -0.39 is 6.10 Å². The Hall–Kier alpha value is -0.880. The molecule has 21 heavy (non-hydrogen) atoms. The highest BCUT2D eigenvalue weighted by Crippen LogP contribution is 2.35. The van der Waals surface area contributed by atoms with Crippen LogP contribution in [0.3, 0.4) is 0 Å². The van der Waals surface area contributed by atoms with Gasteiger partial charge in [0.25, 0.3) is 0 Å². The Balaban J connectivity index is 2.06. The summed E-state index contributed by atoms with van der Waals surface area (Å²) >= 11 is 7.02. The Morgan fingerprint density at radius 3 is 2.33 bits per heavy atom. The van der Waals surface area contributed by atoms with Crippen molar-refractivity contribution in [3.05, 3.63) is 62.5 Å². The van der Waals surface area contributed by atoms with Gasteiger partial charge in [0.15, 0.2) is 0 Å². The van der Waals surface area contributed by atoms with Crippen molar-refractivity contribution in [1.29, 1.82) is 0 Å². The lowest BCUT2D eigenvalue weighted by Gasteiger charge is -2.15. The number of ether oxygens (including phenoxy) is 1. The quantitative estimate of drug-likeness (QED) is 0.749. The van der Waals surface area contributed by atoms with Gasteiger partial charge in [-0.2, -0.15) is 0 Å². The van der Waals surface area contributed by atoms with Crippen LogP contribution in [0.5, 0.6) is 5.75 Å². The van der Waals surface area contributed by atoms with Gasteiger partial charge < -0.3 is 15.2 Å². The van der Waals surface area contributed by atoms with E-state index in [0.717, 1.165) is 26.6 Å². The number of halogens is 2. The molecule has 0 saturated heterocycles. The van der Waals surface area contributed by atoms with E-state index >= 15 is 0 Å². The van der Waals surface area contributed by atoms with E-state index in [4.69, 9.17) is 4.74 Å². The van der Waals surface area contributed by atoms with E-state index in [-0.39, 0.29) is 6.61 Å². The van der Waals surface area contributed by atoms with Gasteiger partial charge in [0.1, 0.15) is 18.5 Å². The Morgan fingerprint density at radius 2 is 1.76 bits per heavy atom. The van der Waals surface area contributed by atoms with E-state index in [1.54, 1.807) is 0 Å². The normalized spacial score (nSPS) is 12.2. The van der Waals surface area contributed by atoms with Crippen molar-refractivity contribution in [1.82, 2.24) is 5.32 Å². The zero-order valence-electron chi connectivity index (χ0n) is 11.6. The fourth-order valence-corrected chi connectivity index (χ4v) is 3.50. The smallest absolute Gasteiger partial charge is 0.147 e. The Labute approximate surface area is 141 Å². The molecular formula is C16H17Br2NO2. The lowest BCUT2D eigenvalue weighted by atomic mass is 10.1. The molecule has 0 aromatic heterocycles. The molecule has 1 unspecified atom stereocenters. The minimum atomic E-state index is -0.651. The third-order valence-corrected chi connectivity index (χ3v) is 4.19. The van der Waals surface area contributed by atoms with Crippen LogP contribution in [0, 0.1) is 0 Å². The van der Waals surface area contributed by atoms with E-state index in [9.17, 15) is 5.11 Å². The number of aliphatic hydroxyl groups excluding tert-OH is 1. The molecule has 0 aliphatic carbocycles. The van der Waals surface area contributed by atoms with Crippen LogP contribution in [0.1, 0.15) is 17.2 Å². The molecule has 0 heterocycles. The standard InChI is InChI=1S/C16H17Br2NO2/c1-19-9-11-7-13(17)16(14(18)8-11)21-10-15(20)12-5-3-2-4-6-12/h2-8,15,19-20H,9-10H2,1H3. The van der Waals surface area contributed by atoms with Crippen molar-refractivity contribution < 1.29 is 9.84 Å². The summed E-state index contributed by atoms with van der Waals surface area (Å²) in [4.78, 5) is 0. The van der Waals surface area contributed by atoms with Crippen LogP contribution in [0.15, 0.2) is 51.4 Å². The van der Waals surface area contributed by atoms with Gasteiger partial charge in [0.2, 0.25) is 0 Å². The second-order valence-corrected chi connectivity index (χ2v) is 6.37. The summed E-state index contributed by atoms with van der Waals surface area (Å²) in [5, 5.41) is 13.2. The summed E-state index contributed by atoms with van der Waals surface area (Å²) in [6.07, 6.45) is -0.651. The summed E-state index contributed by atoms with van der Waals surface area (Å²) < 4.78 is 7.48. The zero-order chi connectivity index (χ0) is 15.2. The number of benzene rings is 2. The van der Waals surface area contributed by atoms with Crippen LogP contribution in [0.4, 0.5) is 0 Å². The van der Waals surface area contributed by atoms with Gasteiger partial charge >= 0.3 is 0 Å². The Bertz CT molecular complexity index is 567. The molecule has 0 aliphatic heterocycles. The number of hydrogen-bond acceptors (Lipinski definition) is 3. The van der Waals surface area contributed by atoms with Gasteiger partial charge in [0.05, 0.1) is 8.95 Å². The average molecular weight is 415 g/mol. The summed E-state index contributed by atoms with van der Waals surface area (Å²) in [5.74, 6) is 0.699. The van der Waals surface area contributed by atoms with Crippen molar-refractivity contribution in [2.75, 3.05) is 13.7 Å². The lowest BCUT2D eigenvalue weighted by Crippen LogP contribution is -2.10. The third-order valence-electron chi connectivity index (χ3n) is 3.01. The van der Waals surface area contributed by atoms with Gasteiger partial charge in [-0.05, 0) is 62.2 Å². The monoisotopic (exact) mass is 413 g/mol. The molecule has 0 aliphatic rings. The molecule has 112 valence electrons. The van der Waals surface area contributed by atoms with Crippen LogP contribution >= 0.6 is 31.9 Å². The maximum absolute atomic E-state index is 10.1. The molecule has 2 aromatic carbocycles. The van der Waals surface area contributed by atoms with E-state index in [1.807, 2.05) is 49.5 Å². The minimum Gasteiger partial charge on any atom is -0.488 e. The molecule has 2 rings (SSSR count). The summed E-state index contributed by atoms with van der Waals surface area (Å²) in [6, 6.07) is 13.5. The largest absolute Gasteiger partial charge is 0.488 e. The number of hydrogen-bond donors (Lipinski definition) is 2. The highest BCUT2D eigenvalue weighted by atomic mass is 79.9. The topological polar surface area (TPSA) is 41.5 Å². The second-order valence-electron chi connectivity index (χ2n) is 4.66. The first-order valence-electron chi connectivity index (χ1n) is 6.60. The predicted octanol–water partition coefficient (Wildman–Crippen LogP) is 4.04. The van der Waals surface area contributed by atoms with Crippen LogP contribution in [0.25, 0.3) is 0 Å². The molecule has 2 aromatic rings. The molecule has 0 fully saturated rings. The SMILES string of the molecule is CNCc1cc(Br)c(OCC(O)c2ccccc2)c(Br)c1. The third kappa shape index (κ3) is 4.54. The van der Waals surface area contributed by atoms with Crippen LogP contribution in [0.2, 0.25) is 0 Å². The molecule has 0 radical (unpaired) electrons. The highest BCUT2D eigenvalue weighted by Gasteiger charge is 2.12. The first-order chi connectivity index (χ1) is 10.1. The van der Waals surface area contributed by atoms with Gasteiger partial charge in [-0.25, -0.2) is 0 Å². The van der Waals surface area contributed by atoms with Crippen molar-refractivity contribution in [3.63, 3.8) is 0 Å². The van der Waals surface area contributed by atoms with Crippen LogP contribution in [-0.2, 0) is 6.54 Å². The summed E-state index contributed by atoms with van der Waals surface area (Å²) in [6.45, 7) is 0.983. The van der Waals surface area contributed by atoms with E-state index in [1.165, 1.54) is 0 Å². The Morgan fingerprint density at radius 1 is 1.14 bits per heavy atom. The number of rotatable bonds is 6. The van der Waals surface area contributed by atoms with E-state index in [2.05, 4.69) is 37.2 Å². The number of aliphatic hydroxyl groups is 1. The molecule has 5 heteroatoms. The molecule has 2 N–H and O–H groups in total. The lowest BCUT2D eigenvalue weighted by molar-refractivity contribution is 0.107. The summed E-state index contributed by atoms with van der Waals surface area (Å²) in [5.41, 5.74) is 1.99. The van der Waals surface area contributed by atoms with Crippen LogP contribution < -0.4 is 10.1 Å². The van der Waals surface area contributed by atoms with Crippen molar-refractivity contribution in [2.24, 2.45) is 0 Å². The first kappa shape index (κ1) is 16.5. The molecule has 0 amide bonds. The van der Waals surface area contributed by atoms with Crippen molar-refractivity contribution >= 4 is 31.9 Å². The van der Waals surface area contributed by atoms with Gasteiger partial charge in [-0.3, -0.25) is 0 Å². The molecule has 0 saturated carbocycles. The fraction of sp³-hybridized carbons (Fsp3) is 0.250. The minimum absolute atomic E-state index is 0.201. The zero-order valence-corrected chi connectivity index (χ0v) is 14.8. The Kier molecular flexibility index (Phi) is 6.23. The second kappa shape index (κ2) is 7.94. The van der Waals surface area contributed by atoms with Crippen LogP contribution in [-0.4, -0.2) is 18.8 Å². The maximum Gasteiger partial charge on any atom is 0.147 e. The first-order valence-corrected chi connectivity index (χ1v) is 8.18. The van der Waals surface area contributed by atoms with Gasteiger partial charge in [0, 0.05) is 6.54 Å². The van der Waals surface area contributed by atoms with Gasteiger partial charge in [-0.1, -0.05) is 30.3 Å².